The van der Waals surface area contributed by atoms with Crippen LogP contribution in [0.2, 0.25) is 0 Å². The Labute approximate surface area is 108 Å². The van der Waals surface area contributed by atoms with Crippen LogP contribution in [0.4, 0.5) is 4.39 Å². The van der Waals surface area contributed by atoms with E-state index in [1.807, 2.05) is 20.8 Å². The fourth-order valence-electron chi connectivity index (χ4n) is 1.72. The zero-order chi connectivity index (χ0) is 13.9. The van der Waals surface area contributed by atoms with E-state index in [9.17, 15) is 9.18 Å². The Hall–Kier alpha value is -1.64. The summed E-state index contributed by atoms with van der Waals surface area (Å²) in [7, 11) is 0. The van der Waals surface area contributed by atoms with Crippen LogP contribution >= 0.6 is 0 Å². The molecule has 0 N–H and O–H groups in total. The zero-order valence-electron chi connectivity index (χ0n) is 11.5. The van der Waals surface area contributed by atoms with E-state index in [1.54, 1.807) is 24.0 Å². The number of rotatable bonds is 3. The quantitative estimate of drug-likeness (QED) is 0.750. The molecule has 1 amide bonds. The van der Waals surface area contributed by atoms with E-state index in [4.69, 9.17) is 0 Å². The number of nitrogens with zero attached hydrogens (tertiary/aromatic N) is 1. The zero-order valence-corrected chi connectivity index (χ0v) is 11.5. The van der Waals surface area contributed by atoms with Crippen LogP contribution in [-0.2, 0) is 0 Å². The molecule has 0 aliphatic rings. The van der Waals surface area contributed by atoms with Crippen molar-refractivity contribution < 1.29 is 9.18 Å². The molecule has 98 valence electrons. The molecule has 0 radical (unpaired) electrons. The van der Waals surface area contributed by atoms with Crippen LogP contribution in [0, 0.1) is 12.7 Å². The van der Waals surface area contributed by atoms with Gasteiger partial charge in [0, 0.05) is 17.6 Å². The minimum absolute atomic E-state index is 0.106. The van der Waals surface area contributed by atoms with Gasteiger partial charge in [-0.1, -0.05) is 6.08 Å². The van der Waals surface area contributed by atoms with Gasteiger partial charge in [0.25, 0.3) is 5.91 Å². The molecule has 0 aliphatic carbocycles. The monoisotopic (exact) mass is 249 g/mol. The molecule has 0 aliphatic heterocycles. The fourth-order valence-corrected chi connectivity index (χ4v) is 1.72. The molecule has 1 aromatic rings. The Balaban J connectivity index is 3.09. The maximum absolute atomic E-state index is 13.2. The number of carbonyl (C=O) groups is 1. The van der Waals surface area contributed by atoms with Crippen molar-refractivity contribution in [1.29, 1.82) is 0 Å². The number of benzene rings is 1. The summed E-state index contributed by atoms with van der Waals surface area (Å²) in [5.41, 5.74) is 0.687. The Kier molecular flexibility index (Phi) is 4.28. The van der Waals surface area contributed by atoms with Crippen molar-refractivity contribution >= 4 is 5.91 Å². The van der Waals surface area contributed by atoms with Gasteiger partial charge in [0.1, 0.15) is 5.82 Å². The van der Waals surface area contributed by atoms with Crippen LogP contribution in [0.5, 0.6) is 0 Å². The molecule has 0 saturated heterocycles. The van der Waals surface area contributed by atoms with Gasteiger partial charge in [-0.05, 0) is 51.5 Å². The van der Waals surface area contributed by atoms with E-state index in [1.165, 1.54) is 12.1 Å². The average Bonchev–Trinajstić information content (AvgIpc) is 2.27. The van der Waals surface area contributed by atoms with Gasteiger partial charge in [-0.25, -0.2) is 4.39 Å². The van der Waals surface area contributed by atoms with E-state index in [-0.39, 0.29) is 17.3 Å². The van der Waals surface area contributed by atoms with E-state index in [2.05, 4.69) is 6.58 Å². The third-order valence-electron chi connectivity index (χ3n) is 2.77. The Bertz CT molecular complexity index is 460. The molecule has 0 aromatic heterocycles. The number of hydrogen-bond acceptors (Lipinski definition) is 1. The summed E-state index contributed by atoms with van der Waals surface area (Å²) in [5.74, 6) is -0.400. The van der Waals surface area contributed by atoms with Crippen molar-refractivity contribution in [3.63, 3.8) is 0 Å². The second-order valence-corrected chi connectivity index (χ2v) is 5.34. The summed E-state index contributed by atoms with van der Waals surface area (Å²) in [5, 5.41) is 0. The van der Waals surface area contributed by atoms with Crippen molar-refractivity contribution in [2.45, 2.75) is 33.2 Å². The lowest BCUT2D eigenvalue weighted by molar-refractivity contribution is 0.0616. The first-order valence-electron chi connectivity index (χ1n) is 5.96. The van der Waals surface area contributed by atoms with Crippen LogP contribution in [-0.4, -0.2) is 22.9 Å². The third-order valence-corrected chi connectivity index (χ3v) is 2.77. The van der Waals surface area contributed by atoms with Crippen molar-refractivity contribution in [3.8, 4) is 0 Å². The first-order chi connectivity index (χ1) is 8.27. The topological polar surface area (TPSA) is 20.3 Å². The summed E-state index contributed by atoms with van der Waals surface area (Å²) < 4.78 is 13.2. The normalized spacial score (nSPS) is 11.2. The summed E-state index contributed by atoms with van der Waals surface area (Å²) in [6.07, 6.45) is 1.69. The molecular formula is C15H20FNO. The van der Waals surface area contributed by atoms with Gasteiger partial charge >= 0.3 is 0 Å². The van der Waals surface area contributed by atoms with Gasteiger partial charge in [-0.3, -0.25) is 4.79 Å². The van der Waals surface area contributed by atoms with Crippen molar-refractivity contribution in [3.05, 3.63) is 47.8 Å². The number of halogens is 1. The first-order valence-corrected chi connectivity index (χ1v) is 5.96. The summed E-state index contributed by atoms with van der Waals surface area (Å²) in [6.45, 7) is 11.7. The minimum atomic E-state index is -0.298. The second-order valence-electron chi connectivity index (χ2n) is 5.34. The highest BCUT2D eigenvalue weighted by molar-refractivity contribution is 5.95. The summed E-state index contributed by atoms with van der Waals surface area (Å²) >= 11 is 0. The lowest BCUT2D eigenvalue weighted by Gasteiger charge is -2.35. The van der Waals surface area contributed by atoms with Crippen LogP contribution in [0.15, 0.2) is 30.9 Å². The van der Waals surface area contributed by atoms with Crippen LogP contribution in [0.1, 0.15) is 36.7 Å². The number of amides is 1. The van der Waals surface area contributed by atoms with Crippen molar-refractivity contribution in [2.24, 2.45) is 0 Å². The number of aryl methyl sites for hydroxylation is 1. The third kappa shape index (κ3) is 3.19. The Morgan fingerprint density at radius 2 is 2.06 bits per heavy atom. The molecule has 0 saturated carbocycles. The van der Waals surface area contributed by atoms with Gasteiger partial charge in [-0.2, -0.15) is 0 Å². The lowest BCUT2D eigenvalue weighted by atomic mass is 10.0. The summed E-state index contributed by atoms with van der Waals surface area (Å²) in [6, 6.07) is 4.43. The van der Waals surface area contributed by atoms with Gasteiger partial charge in [0.15, 0.2) is 0 Å². The molecule has 0 heterocycles. The Morgan fingerprint density at radius 3 is 2.50 bits per heavy atom. The van der Waals surface area contributed by atoms with Gasteiger partial charge in [0.2, 0.25) is 0 Å². The predicted molar refractivity (Wildman–Crippen MR) is 72.1 cm³/mol. The number of hydrogen-bond donors (Lipinski definition) is 0. The molecule has 0 fully saturated rings. The highest BCUT2D eigenvalue weighted by Gasteiger charge is 2.26. The smallest absolute Gasteiger partial charge is 0.254 e. The summed E-state index contributed by atoms with van der Waals surface area (Å²) in [4.78, 5) is 14.1. The molecule has 1 rings (SSSR count). The van der Waals surface area contributed by atoms with Crippen LogP contribution in [0.3, 0.4) is 0 Å². The maximum atomic E-state index is 13.2. The molecule has 0 atom stereocenters. The molecule has 3 heteroatoms. The average molecular weight is 249 g/mol. The standard InChI is InChI=1S/C15H20FNO/c1-6-9-17(15(3,4)5)14(18)12-7-8-13(16)11(2)10-12/h6-8,10H,1,9H2,2-5H3. The SMILES string of the molecule is C=CCN(C(=O)c1ccc(F)c(C)c1)C(C)(C)C. The molecular weight excluding hydrogens is 229 g/mol. The first kappa shape index (κ1) is 14.4. The fraction of sp³-hybridized carbons (Fsp3) is 0.400. The van der Waals surface area contributed by atoms with E-state index in [0.29, 0.717) is 17.7 Å². The molecule has 2 nitrogen and oxygen atoms in total. The maximum Gasteiger partial charge on any atom is 0.254 e. The molecule has 18 heavy (non-hydrogen) atoms. The highest BCUT2D eigenvalue weighted by atomic mass is 19.1. The molecule has 0 spiro atoms. The van der Waals surface area contributed by atoms with Gasteiger partial charge < -0.3 is 4.90 Å². The van der Waals surface area contributed by atoms with Crippen LogP contribution in [0.25, 0.3) is 0 Å². The number of carbonyl (C=O) groups excluding carboxylic acids is 1. The lowest BCUT2D eigenvalue weighted by Crippen LogP contribution is -2.45. The Morgan fingerprint density at radius 1 is 1.44 bits per heavy atom. The van der Waals surface area contributed by atoms with E-state index in [0.717, 1.165) is 0 Å². The highest BCUT2D eigenvalue weighted by Crippen LogP contribution is 2.18. The largest absolute Gasteiger partial charge is 0.330 e. The molecule has 1 aromatic carbocycles. The second kappa shape index (κ2) is 5.34. The molecule has 0 bridgehead atoms. The van der Waals surface area contributed by atoms with Crippen molar-refractivity contribution in [1.82, 2.24) is 4.90 Å². The van der Waals surface area contributed by atoms with Gasteiger partial charge in [-0.15, -0.1) is 6.58 Å². The van der Waals surface area contributed by atoms with E-state index < -0.39 is 0 Å². The van der Waals surface area contributed by atoms with Crippen molar-refractivity contribution in [2.75, 3.05) is 6.54 Å². The van der Waals surface area contributed by atoms with Crippen LogP contribution < -0.4 is 0 Å². The molecule has 0 unspecified atom stereocenters. The minimum Gasteiger partial charge on any atom is -0.330 e. The predicted octanol–water partition coefficient (Wildman–Crippen LogP) is 3.56. The van der Waals surface area contributed by atoms with Gasteiger partial charge in [0.05, 0.1) is 0 Å². The van der Waals surface area contributed by atoms with E-state index >= 15 is 0 Å².